The zero-order valence-corrected chi connectivity index (χ0v) is 17.2. The fraction of sp³-hybridized carbons (Fsp3) is 0.950. The first kappa shape index (κ1) is 20.5. The number of guanidine groups is 1. The van der Waals surface area contributed by atoms with E-state index in [1.807, 2.05) is 7.05 Å². The first-order chi connectivity index (χ1) is 12.0. The van der Waals surface area contributed by atoms with E-state index in [1.54, 1.807) is 0 Å². The Bertz CT molecular complexity index is 391. The van der Waals surface area contributed by atoms with Gasteiger partial charge in [0.05, 0.1) is 0 Å². The van der Waals surface area contributed by atoms with Crippen LogP contribution in [-0.2, 0) is 0 Å². The Labute approximate surface area is 155 Å². The predicted octanol–water partition coefficient (Wildman–Crippen LogP) is 2.53. The summed E-state index contributed by atoms with van der Waals surface area (Å²) in [6, 6.07) is 2.09. The van der Waals surface area contributed by atoms with Gasteiger partial charge in [-0.25, -0.2) is 0 Å². The fourth-order valence-corrected chi connectivity index (χ4v) is 3.61. The van der Waals surface area contributed by atoms with Crippen molar-refractivity contribution in [2.75, 3.05) is 39.8 Å². The number of rotatable bonds is 12. The van der Waals surface area contributed by atoms with Crippen LogP contribution in [0, 0.1) is 5.92 Å². The van der Waals surface area contributed by atoms with Gasteiger partial charge in [0.2, 0.25) is 0 Å². The predicted molar refractivity (Wildman–Crippen MR) is 108 cm³/mol. The highest BCUT2D eigenvalue weighted by Crippen LogP contribution is 2.34. The lowest BCUT2D eigenvalue weighted by Crippen LogP contribution is -2.44. The molecule has 0 radical (unpaired) electrons. The van der Waals surface area contributed by atoms with E-state index in [-0.39, 0.29) is 0 Å². The van der Waals surface area contributed by atoms with Crippen LogP contribution in [0.1, 0.15) is 59.8 Å². The molecule has 2 saturated carbocycles. The van der Waals surface area contributed by atoms with E-state index < -0.39 is 0 Å². The van der Waals surface area contributed by atoms with Crippen LogP contribution in [0.15, 0.2) is 4.99 Å². The van der Waals surface area contributed by atoms with Crippen LogP contribution in [0.3, 0.4) is 0 Å². The molecule has 0 aliphatic heterocycles. The molecule has 0 heterocycles. The van der Waals surface area contributed by atoms with Gasteiger partial charge in [0.25, 0.3) is 0 Å². The standard InChI is InChI=1S/C20H41N5/c1-16(2)25(17(3)4)13-6-11-22-20(21-5)23-12-14-24(19-9-10-19)15-18-7-8-18/h16-19H,6-15H2,1-5H3,(H2,21,22,23). The molecule has 5 nitrogen and oxygen atoms in total. The molecule has 0 atom stereocenters. The summed E-state index contributed by atoms with van der Waals surface area (Å²) in [5.41, 5.74) is 0. The second kappa shape index (κ2) is 10.4. The van der Waals surface area contributed by atoms with Gasteiger partial charge in [0.1, 0.15) is 0 Å². The minimum atomic E-state index is 0.609. The van der Waals surface area contributed by atoms with Crippen LogP contribution in [-0.4, -0.2) is 73.7 Å². The van der Waals surface area contributed by atoms with E-state index >= 15 is 0 Å². The first-order valence-corrected chi connectivity index (χ1v) is 10.5. The van der Waals surface area contributed by atoms with E-state index in [0.29, 0.717) is 12.1 Å². The van der Waals surface area contributed by atoms with Gasteiger partial charge in [-0.05, 0) is 65.7 Å². The lowest BCUT2D eigenvalue weighted by atomic mass is 10.2. The Kier molecular flexibility index (Phi) is 8.50. The maximum absolute atomic E-state index is 4.37. The molecule has 146 valence electrons. The Hall–Kier alpha value is -0.810. The molecule has 0 spiro atoms. The van der Waals surface area contributed by atoms with Gasteiger partial charge < -0.3 is 10.6 Å². The summed E-state index contributed by atoms with van der Waals surface area (Å²) >= 11 is 0. The van der Waals surface area contributed by atoms with Crippen molar-refractivity contribution < 1.29 is 0 Å². The monoisotopic (exact) mass is 351 g/mol. The molecule has 0 amide bonds. The molecule has 0 unspecified atom stereocenters. The fourth-order valence-electron chi connectivity index (χ4n) is 3.61. The molecule has 0 bridgehead atoms. The molecule has 0 saturated heterocycles. The number of hydrogen-bond acceptors (Lipinski definition) is 3. The minimum Gasteiger partial charge on any atom is -0.356 e. The van der Waals surface area contributed by atoms with Gasteiger partial charge in [0.15, 0.2) is 5.96 Å². The molecule has 2 N–H and O–H groups in total. The largest absolute Gasteiger partial charge is 0.356 e. The topological polar surface area (TPSA) is 42.9 Å². The van der Waals surface area contributed by atoms with Crippen LogP contribution in [0.5, 0.6) is 0 Å². The number of hydrogen-bond donors (Lipinski definition) is 2. The van der Waals surface area contributed by atoms with Gasteiger partial charge in [0, 0.05) is 57.9 Å². The van der Waals surface area contributed by atoms with Crippen LogP contribution < -0.4 is 10.6 Å². The van der Waals surface area contributed by atoms with Crippen molar-refractivity contribution in [3.63, 3.8) is 0 Å². The molecule has 0 aromatic rings. The van der Waals surface area contributed by atoms with Crippen molar-refractivity contribution in [3.8, 4) is 0 Å². The molecule has 5 heteroatoms. The average Bonchev–Trinajstić information content (AvgIpc) is 3.44. The summed E-state index contributed by atoms with van der Waals surface area (Å²) in [4.78, 5) is 9.61. The highest BCUT2D eigenvalue weighted by atomic mass is 15.2. The zero-order valence-electron chi connectivity index (χ0n) is 17.2. The summed E-state index contributed by atoms with van der Waals surface area (Å²) in [6.45, 7) is 14.7. The molecule has 2 rings (SSSR count). The molecule has 0 aromatic heterocycles. The second-order valence-corrected chi connectivity index (χ2v) is 8.37. The summed E-state index contributed by atoms with van der Waals surface area (Å²) < 4.78 is 0. The maximum Gasteiger partial charge on any atom is 0.191 e. The van der Waals surface area contributed by atoms with Crippen LogP contribution in [0.2, 0.25) is 0 Å². The van der Waals surface area contributed by atoms with Crippen molar-refractivity contribution in [1.82, 2.24) is 20.4 Å². The molecular formula is C20H41N5. The zero-order chi connectivity index (χ0) is 18.2. The quantitative estimate of drug-likeness (QED) is 0.322. The summed E-state index contributed by atoms with van der Waals surface area (Å²) in [6.07, 6.45) is 6.85. The molecule has 0 aromatic carbocycles. The Balaban J connectivity index is 1.58. The van der Waals surface area contributed by atoms with Crippen molar-refractivity contribution in [3.05, 3.63) is 0 Å². The lowest BCUT2D eigenvalue weighted by Gasteiger charge is -2.30. The molecule has 2 aliphatic rings. The number of nitrogens with zero attached hydrogens (tertiary/aromatic N) is 3. The maximum atomic E-state index is 4.37. The molecule has 25 heavy (non-hydrogen) atoms. The molecule has 2 fully saturated rings. The van der Waals surface area contributed by atoms with E-state index in [0.717, 1.165) is 50.5 Å². The third-order valence-electron chi connectivity index (χ3n) is 5.38. The Morgan fingerprint density at radius 3 is 2.12 bits per heavy atom. The van der Waals surface area contributed by atoms with Gasteiger partial charge in [-0.2, -0.15) is 0 Å². The van der Waals surface area contributed by atoms with E-state index in [2.05, 4.69) is 53.1 Å². The first-order valence-electron chi connectivity index (χ1n) is 10.5. The Morgan fingerprint density at radius 1 is 0.960 bits per heavy atom. The second-order valence-electron chi connectivity index (χ2n) is 8.37. The number of nitrogens with one attached hydrogen (secondary N) is 2. The SMILES string of the molecule is CN=C(NCCCN(C(C)C)C(C)C)NCCN(CC1CC1)C1CC1. The highest BCUT2D eigenvalue weighted by molar-refractivity contribution is 5.79. The lowest BCUT2D eigenvalue weighted by molar-refractivity contribution is 0.173. The third kappa shape index (κ3) is 7.95. The average molecular weight is 352 g/mol. The van der Waals surface area contributed by atoms with Crippen LogP contribution >= 0.6 is 0 Å². The van der Waals surface area contributed by atoms with Gasteiger partial charge in [-0.3, -0.25) is 14.8 Å². The van der Waals surface area contributed by atoms with Crippen LogP contribution in [0.4, 0.5) is 0 Å². The van der Waals surface area contributed by atoms with E-state index in [4.69, 9.17) is 0 Å². The third-order valence-corrected chi connectivity index (χ3v) is 5.38. The molecular weight excluding hydrogens is 310 g/mol. The summed E-state index contributed by atoms with van der Waals surface area (Å²) in [5.74, 6) is 1.94. The summed E-state index contributed by atoms with van der Waals surface area (Å²) in [5, 5.41) is 6.96. The van der Waals surface area contributed by atoms with Gasteiger partial charge in [-0.1, -0.05) is 0 Å². The molecule has 2 aliphatic carbocycles. The number of aliphatic imine (C=N–C) groups is 1. The van der Waals surface area contributed by atoms with E-state index in [1.165, 1.54) is 32.2 Å². The Morgan fingerprint density at radius 2 is 1.60 bits per heavy atom. The van der Waals surface area contributed by atoms with Gasteiger partial charge in [-0.15, -0.1) is 0 Å². The highest BCUT2D eigenvalue weighted by Gasteiger charge is 2.33. The van der Waals surface area contributed by atoms with Crippen molar-refractivity contribution in [1.29, 1.82) is 0 Å². The minimum absolute atomic E-state index is 0.609. The van der Waals surface area contributed by atoms with Gasteiger partial charge >= 0.3 is 0 Å². The smallest absolute Gasteiger partial charge is 0.191 e. The summed E-state index contributed by atoms with van der Waals surface area (Å²) in [7, 11) is 1.87. The van der Waals surface area contributed by atoms with Crippen LogP contribution in [0.25, 0.3) is 0 Å². The van der Waals surface area contributed by atoms with Crippen molar-refractivity contribution >= 4 is 5.96 Å². The van der Waals surface area contributed by atoms with E-state index in [9.17, 15) is 0 Å². The van der Waals surface area contributed by atoms with Crippen molar-refractivity contribution in [2.24, 2.45) is 10.9 Å². The normalized spacial score (nSPS) is 18.7. The van der Waals surface area contributed by atoms with Crippen molar-refractivity contribution in [2.45, 2.75) is 77.9 Å².